The van der Waals surface area contributed by atoms with Crippen molar-refractivity contribution in [3.05, 3.63) is 41.6 Å². The number of aliphatic hydroxyl groups excluding tert-OH is 1. The second-order valence-electron chi connectivity index (χ2n) is 6.62. The monoisotopic (exact) mass is 324 g/mol. The van der Waals surface area contributed by atoms with Crippen LogP contribution in [-0.2, 0) is 13.6 Å². The van der Waals surface area contributed by atoms with Gasteiger partial charge in [-0.05, 0) is 43.9 Å². The van der Waals surface area contributed by atoms with Crippen molar-refractivity contribution in [1.82, 2.24) is 14.7 Å². The lowest BCUT2D eigenvalue weighted by atomic mass is 9.94. The summed E-state index contributed by atoms with van der Waals surface area (Å²) in [5.74, 6) is 0.596. The Morgan fingerprint density at radius 1 is 1.33 bits per heavy atom. The lowest BCUT2D eigenvalue weighted by Crippen LogP contribution is -2.35. The minimum absolute atomic E-state index is 0.280. The summed E-state index contributed by atoms with van der Waals surface area (Å²) in [6.45, 7) is 3.30. The van der Waals surface area contributed by atoms with Crippen LogP contribution in [0.2, 0.25) is 0 Å². The average molecular weight is 324 g/mol. The summed E-state index contributed by atoms with van der Waals surface area (Å²) in [4.78, 5) is 2.47. The maximum Gasteiger partial charge on any atom is 0.0991 e. The first-order valence-corrected chi connectivity index (χ1v) is 8.56. The first kappa shape index (κ1) is 16.7. The largest absolute Gasteiger partial charge is 0.396 e. The maximum atomic E-state index is 9.18. The van der Waals surface area contributed by atoms with Gasteiger partial charge in [0.25, 0.3) is 0 Å². The van der Waals surface area contributed by atoms with Gasteiger partial charge in [-0.25, -0.2) is 0 Å². The molecule has 1 N–H and O–H groups in total. The lowest BCUT2D eigenvalue weighted by molar-refractivity contribution is 0.142. The number of aryl methyl sites for hydroxylation is 1. The van der Waals surface area contributed by atoms with Crippen LogP contribution in [0.3, 0.4) is 0 Å². The number of hydrogen-bond acceptors (Lipinski definition) is 4. The third-order valence-electron chi connectivity index (χ3n) is 4.73. The Kier molecular flexibility index (Phi) is 5.29. The Labute approximate surface area is 143 Å². The standard InChI is InChI=1S/C19H24N4O/c1-22-13-18(14-23-9-2-3-16(12-23)8-10-24)19(21-22)17-6-4-15(11-20)5-7-17/h4-7,13,16,24H,2-3,8-10,12,14H2,1H3/t16-/m1/s1. The predicted molar refractivity (Wildman–Crippen MR) is 93.1 cm³/mol. The van der Waals surface area contributed by atoms with E-state index in [1.807, 2.05) is 36.0 Å². The van der Waals surface area contributed by atoms with Crippen molar-refractivity contribution in [3.8, 4) is 17.3 Å². The van der Waals surface area contributed by atoms with Crippen molar-refractivity contribution in [2.24, 2.45) is 13.0 Å². The van der Waals surface area contributed by atoms with Crippen LogP contribution in [0.25, 0.3) is 11.3 Å². The van der Waals surface area contributed by atoms with E-state index in [0.717, 1.165) is 37.3 Å². The molecule has 1 aromatic heterocycles. The third kappa shape index (κ3) is 3.84. The molecule has 0 unspecified atom stereocenters. The molecule has 0 amide bonds. The van der Waals surface area contributed by atoms with Crippen LogP contribution in [0.5, 0.6) is 0 Å². The highest BCUT2D eigenvalue weighted by molar-refractivity contribution is 5.63. The molecule has 1 fully saturated rings. The van der Waals surface area contributed by atoms with Crippen molar-refractivity contribution in [2.75, 3.05) is 19.7 Å². The number of hydrogen-bond donors (Lipinski definition) is 1. The normalized spacial score (nSPS) is 18.5. The summed E-state index contributed by atoms with van der Waals surface area (Å²) in [6.07, 6.45) is 5.39. The molecule has 2 aromatic rings. The summed E-state index contributed by atoms with van der Waals surface area (Å²) >= 11 is 0. The minimum atomic E-state index is 0.280. The smallest absolute Gasteiger partial charge is 0.0991 e. The third-order valence-corrected chi connectivity index (χ3v) is 4.73. The van der Waals surface area contributed by atoms with E-state index < -0.39 is 0 Å². The molecule has 0 spiro atoms. The zero-order valence-corrected chi connectivity index (χ0v) is 14.1. The molecular formula is C19H24N4O. The van der Waals surface area contributed by atoms with Crippen LogP contribution in [0.15, 0.2) is 30.5 Å². The number of nitriles is 1. The molecule has 5 nitrogen and oxygen atoms in total. The van der Waals surface area contributed by atoms with E-state index in [1.165, 1.54) is 18.4 Å². The van der Waals surface area contributed by atoms with E-state index >= 15 is 0 Å². The first-order valence-electron chi connectivity index (χ1n) is 8.56. The fourth-order valence-electron chi connectivity index (χ4n) is 3.55. The molecule has 1 saturated heterocycles. The van der Waals surface area contributed by atoms with Crippen LogP contribution < -0.4 is 0 Å². The second-order valence-corrected chi connectivity index (χ2v) is 6.62. The molecule has 1 atom stereocenters. The highest BCUT2D eigenvalue weighted by Gasteiger charge is 2.21. The number of benzene rings is 1. The van der Waals surface area contributed by atoms with Crippen LogP contribution in [0.4, 0.5) is 0 Å². The molecule has 2 heterocycles. The van der Waals surface area contributed by atoms with E-state index in [9.17, 15) is 5.11 Å². The number of nitrogens with zero attached hydrogens (tertiary/aromatic N) is 4. The Balaban J connectivity index is 1.77. The number of aromatic nitrogens is 2. The molecule has 1 aliphatic heterocycles. The first-order chi connectivity index (χ1) is 11.7. The molecule has 1 aromatic carbocycles. The van der Waals surface area contributed by atoms with Crippen molar-refractivity contribution < 1.29 is 5.11 Å². The summed E-state index contributed by atoms with van der Waals surface area (Å²) in [7, 11) is 1.95. The number of aliphatic hydroxyl groups is 1. The molecule has 0 saturated carbocycles. The quantitative estimate of drug-likeness (QED) is 0.918. The maximum absolute atomic E-state index is 9.18. The number of rotatable bonds is 5. The Morgan fingerprint density at radius 2 is 2.12 bits per heavy atom. The van der Waals surface area contributed by atoms with Crippen molar-refractivity contribution >= 4 is 0 Å². The second kappa shape index (κ2) is 7.61. The molecule has 0 radical (unpaired) electrons. The van der Waals surface area contributed by atoms with Gasteiger partial charge >= 0.3 is 0 Å². The van der Waals surface area contributed by atoms with Gasteiger partial charge in [0.15, 0.2) is 0 Å². The van der Waals surface area contributed by atoms with Crippen molar-refractivity contribution in [2.45, 2.75) is 25.8 Å². The van der Waals surface area contributed by atoms with Gasteiger partial charge in [0, 0.05) is 44.1 Å². The fraction of sp³-hybridized carbons (Fsp3) is 0.474. The van der Waals surface area contributed by atoms with E-state index in [4.69, 9.17) is 5.26 Å². The molecule has 3 rings (SSSR count). The van der Waals surface area contributed by atoms with Crippen LogP contribution in [-0.4, -0.2) is 39.5 Å². The minimum Gasteiger partial charge on any atom is -0.396 e. The summed E-state index contributed by atoms with van der Waals surface area (Å²) in [5.41, 5.74) is 3.92. The lowest BCUT2D eigenvalue weighted by Gasteiger charge is -2.32. The van der Waals surface area contributed by atoms with Gasteiger partial charge in [-0.15, -0.1) is 0 Å². The Hall–Kier alpha value is -2.16. The van der Waals surface area contributed by atoms with Gasteiger partial charge in [0.05, 0.1) is 17.3 Å². The van der Waals surface area contributed by atoms with Crippen LogP contribution in [0, 0.1) is 17.2 Å². The topological polar surface area (TPSA) is 65.1 Å². The molecule has 126 valence electrons. The Bertz CT molecular complexity index is 712. The van der Waals surface area contributed by atoms with E-state index in [0.29, 0.717) is 11.5 Å². The van der Waals surface area contributed by atoms with Gasteiger partial charge in [-0.3, -0.25) is 9.58 Å². The molecule has 0 aliphatic carbocycles. The zero-order chi connectivity index (χ0) is 16.9. The van der Waals surface area contributed by atoms with E-state index in [2.05, 4.69) is 22.3 Å². The summed E-state index contributed by atoms with van der Waals surface area (Å²) < 4.78 is 1.86. The fourth-order valence-corrected chi connectivity index (χ4v) is 3.55. The average Bonchev–Trinajstić information content (AvgIpc) is 2.96. The van der Waals surface area contributed by atoms with Gasteiger partial charge in [-0.2, -0.15) is 10.4 Å². The number of piperidine rings is 1. The zero-order valence-electron chi connectivity index (χ0n) is 14.1. The van der Waals surface area contributed by atoms with Gasteiger partial charge in [0.2, 0.25) is 0 Å². The molecule has 1 aliphatic rings. The number of likely N-dealkylation sites (tertiary alicyclic amines) is 1. The van der Waals surface area contributed by atoms with Crippen molar-refractivity contribution in [3.63, 3.8) is 0 Å². The predicted octanol–water partition coefficient (Wildman–Crippen LogP) is 2.55. The van der Waals surface area contributed by atoms with Gasteiger partial charge in [0.1, 0.15) is 0 Å². The highest BCUT2D eigenvalue weighted by atomic mass is 16.3. The highest BCUT2D eigenvalue weighted by Crippen LogP contribution is 2.26. The summed E-state index contributed by atoms with van der Waals surface area (Å²) in [6, 6.07) is 9.77. The van der Waals surface area contributed by atoms with Gasteiger partial charge in [-0.1, -0.05) is 12.1 Å². The summed E-state index contributed by atoms with van der Waals surface area (Å²) in [5, 5.41) is 22.8. The molecule has 0 bridgehead atoms. The van der Waals surface area contributed by atoms with Gasteiger partial charge < -0.3 is 5.11 Å². The van der Waals surface area contributed by atoms with Crippen molar-refractivity contribution in [1.29, 1.82) is 5.26 Å². The molecule has 5 heteroatoms. The molecule has 24 heavy (non-hydrogen) atoms. The SMILES string of the molecule is Cn1cc(CN2CCC[C@H](CCO)C2)c(-c2ccc(C#N)cc2)n1. The molecular weight excluding hydrogens is 300 g/mol. The van der Waals surface area contributed by atoms with E-state index in [1.54, 1.807) is 0 Å². The van der Waals surface area contributed by atoms with Crippen LogP contribution in [0.1, 0.15) is 30.4 Å². The van der Waals surface area contributed by atoms with Crippen LogP contribution >= 0.6 is 0 Å². The van der Waals surface area contributed by atoms with E-state index in [-0.39, 0.29) is 6.61 Å². The Morgan fingerprint density at radius 3 is 2.83 bits per heavy atom.